The van der Waals surface area contributed by atoms with Gasteiger partial charge in [-0.1, -0.05) is 31.4 Å². The molecule has 0 aliphatic heterocycles. The first kappa shape index (κ1) is 15.8. The molecule has 1 saturated carbocycles. The molecule has 116 valence electrons. The van der Waals surface area contributed by atoms with E-state index < -0.39 is 0 Å². The van der Waals surface area contributed by atoms with Crippen LogP contribution in [0.3, 0.4) is 0 Å². The number of hydrogen-bond acceptors (Lipinski definition) is 2. The van der Waals surface area contributed by atoms with Crippen LogP contribution in [0.25, 0.3) is 0 Å². The quantitative estimate of drug-likeness (QED) is 0.874. The van der Waals surface area contributed by atoms with Crippen molar-refractivity contribution in [3.05, 3.63) is 24.3 Å². The van der Waals surface area contributed by atoms with Crippen LogP contribution in [-0.2, 0) is 4.79 Å². The molecule has 4 heteroatoms. The predicted molar refractivity (Wildman–Crippen MR) is 84.5 cm³/mol. The summed E-state index contributed by atoms with van der Waals surface area (Å²) < 4.78 is 5.25. The molecule has 0 atom stereocenters. The van der Waals surface area contributed by atoms with Gasteiger partial charge in [0.1, 0.15) is 5.75 Å². The van der Waals surface area contributed by atoms with E-state index in [9.17, 15) is 4.79 Å². The van der Waals surface area contributed by atoms with Gasteiger partial charge in [0, 0.05) is 0 Å². The number of amides is 1. The van der Waals surface area contributed by atoms with Crippen molar-refractivity contribution in [1.29, 1.82) is 0 Å². The highest BCUT2D eigenvalue weighted by molar-refractivity contribution is 5.92. The molecule has 4 nitrogen and oxygen atoms in total. The SMILES string of the molecule is COc1ccccc1NC(=O)C[NH2+]C1CCCCCCC1. The predicted octanol–water partition coefficient (Wildman–Crippen LogP) is 2.31. The molecule has 0 aromatic heterocycles. The zero-order valence-corrected chi connectivity index (χ0v) is 12.9. The molecule has 0 saturated heterocycles. The third-order valence-electron chi connectivity index (χ3n) is 4.17. The second-order valence-electron chi connectivity index (χ2n) is 5.79. The van der Waals surface area contributed by atoms with Gasteiger partial charge in [-0.25, -0.2) is 0 Å². The minimum absolute atomic E-state index is 0.0431. The lowest BCUT2D eigenvalue weighted by Gasteiger charge is -2.18. The van der Waals surface area contributed by atoms with Crippen LogP contribution >= 0.6 is 0 Å². The van der Waals surface area contributed by atoms with Crippen LogP contribution in [0.5, 0.6) is 5.75 Å². The number of methoxy groups -OCH3 is 1. The number of ether oxygens (including phenoxy) is 1. The molecule has 2 rings (SSSR count). The number of carbonyl (C=O) groups is 1. The van der Waals surface area contributed by atoms with Crippen molar-refractivity contribution in [2.24, 2.45) is 0 Å². The fraction of sp³-hybridized carbons (Fsp3) is 0.588. The van der Waals surface area contributed by atoms with Gasteiger partial charge in [0.05, 0.1) is 18.8 Å². The molecule has 1 aliphatic rings. The average molecular weight is 291 g/mol. The lowest BCUT2D eigenvalue weighted by Crippen LogP contribution is -2.91. The number of nitrogens with one attached hydrogen (secondary N) is 1. The maximum Gasteiger partial charge on any atom is 0.279 e. The molecular formula is C17H27N2O2+. The van der Waals surface area contributed by atoms with Gasteiger partial charge in [0.2, 0.25) is 0 Å². The summed E-state index contributed by atoms with van der Waals surface area (Å²) >= 11 is 0. The second-order valence-corrected chi connectivity index (χ2v) is 5.79. The summed E-state index contributed by atoms with van der Waals surface area (Å²) in [6.07, 6.45) is 9.14. The van der Waals surface area contributed by atoms with E-state index in [4.69, 9.17) is 4.74 Å². The molecule has 1 aromatic rings. The zero-order valence-electron chi connectivity index (χ0n) is 12.9. The molecule has 0 bridgehead atoms. The first-order valence-corrected chi connectivity index (χ1v) is 8.06. The Balaban J connectivity index is 1.78. The van der Waals surface area contributed by atoms with Crippen LogP contribution in [0.1, 0.15) is 44.9 Å². The highest BCUT2D eigenvalue weighted by atomic mass is 16.5. The molecule has 0 heterocycles. The Morgan fingerprint density at radius 1 is 1.19 bits per heavy atom. The van der Waals surface area contributed by atoms with Crippen LogP contribution < -0.4 is 15.4 Å². The van der Waals surface area contributed by atoms with E-state index in [2.05, 4.69) is 10.6 Å². The van der Waals surface area contributed by atoms with Gasteiger partial charge < -0.3 is 15.4 Å². The minimum Gasteiger partial charge on any atom is -0.495 e. The van der Waals surface area contributed by atoms with Crippen molar-refractivity contribution in [1.82, 2.24) is 0 Å². The standard InChI is InChI=1S/C17H26N2O2/c1-21-16-12-8-7-11-15(16)19-17(20)13-18-14-9-5-3-2-4-6-10-14/h7-8,11-12,14,18H,2-6,9-10,13H2,1H3,(H,19,20)/p+1. The summed E-state index contributed by atoms with van der Waals surface area (Å²) in [5, 5.41) is 5.14. The Labute approximate surface area is 127 Å². The number of nitrogens with two attached hydrogens (primary N) is 1. The van der Waals surface area contributed by atoms with Gasteiger partial charge in [-0.3, -0.25) is 4.79 Å². The van der Waals surface area contributed by atoms with Crippen LogP contribution in [0.4, 0.5) is 5.69 Å². The molecule has 1 fully saturated rings. The van der Waals surface area contributed by atoms with Gasteiger partial charge >= 0.3 is 0 Å². The highest BCUT2D eigenvalue weighted by Crippen LogP contribution is 2.22. The second kappa shape index (κ2) is 8.67. The van der Waals surface area contributed by atoms with E-state index in [1.54, 1.807) is 7.11 Å². The number of para-hydroxylation sites is 2. The summed E-state index contributed by atoms with van der Waals surface area (Å²) in [6, 6.07) is 8.13. The molecule has 1 aromatic carbocycles. The maximum atomic E-state index is 12.1. The average Bonchev–Trinajstić information content (AvgIpc) is 2.46. The normalized spacial score (nSPS) is 16.8. The number of anilines is 1. The third-order valence-corrected chi connectivity index (χ3v) is 4.17. The topological polar surface area (TPSA) is 54.9 Å². The van der Waals surface area contributed by atoms with Crippen molar-refractivity contribution in [2.75, 3.05) is 19.0 Å². The minimum atomic E-state index is 0.0431. The van der Waals surface area contributed by atoms with E-state index in [1.807, 2.05) is 24.3 Å². The Hall–Kier alpha value is -1.55. The lowest BCUT2D eigenvalue weighted by atomic mass is 9.97. The Morgan fingerprint density at radius 2 is 1.86 bits per heavy atom. The van der Waals surface area contributed by atoms with Crippen LogP contribution in [0.15, 0.2) is 24.3 Å². The monoisotopic (exact) mass is 291 g/mol. The van der Waals surface area contributed by atoms with E-state index in [0.29, 0.717) is 18.3 Å². The molecule has 1 amide bonds. The van der Waals surface area contributed by atoms with Crippen molar-refractivity contribution < 1.29 is 14.8 Å². The molecule has 21 heavy (non-hydrogen) atoms. The first-order valence-electron chi connectivity index (χ1n) is 8.06. The summed E-state index contributed by atoms with van der Waals surface area (Å²) in [5.74, 6) is 0.748. The molecule has 0 unspecified atom stereocenters. The van der Waals surface area contributed by atoms with Crippen molar-refractivity contribution in [2.45, 2.75) is 51.0 Å². The van der Waals surface area contributed by atoms with Crippen molar-refractivity contribution in [3.8, 4) is 5.75 Å². The number of hydrogen-bond donors (Lipinski definition) is 2. The van der Waals surface area contributed by atoms with Crippen LogP contribution in [0.2, 0.25) is 0 Å². The summed E-state index contributed by atoms with van der Waals surface area (Å²) in [6.45, 7) is 0.489. The summed E-state index contributed by atoms with van der Waals surface area (Å²) in [4.78, 5) is 12.1. The summed E-state index contributed by atoms with van der Waals surface area (Å²) in [5.41, 5.74) is 0.746. The molecular weight excluding hydrogens is 264 g/mol. The number of carbonyl (C=O) groups excluding carboxylic acids is 1. The fourth-order valence-electron chi connectivity index (χ4n) is 2.95. The number of rotatable bonds is 5. The maximum absolute atomic E-state index is 12.1. The third kappa shape index (κ3) is 5.38. The van der Waals surface area contributed by atoms with Gasteiger partial charge in [0.15, 0.2) is 6.54 Å². The van der Waals surface area contributed by atoms with E-state index in [-0.39, 0.29) is 5.91 Å². The van der Waals surface area contributed by atoms with Crippen LogP contribution in [-0.4, -0.2) is 25.6 Å². The van der Waals surface area contributed by atoms with E-state index in [0.717, 1.165) is 5.69 Å². The first-order chi connectivity index (χ1) is 10.3. The molecule has 0 spiro atoms. The highest BCUT2D eigenvalue weighted by Gasteiger charge is 2.16. The van der Waals surface area contributed by atoms with E-state index in [1.165, 1.54) is 44.9 Å². The summed E-state index contributed by atoms with van der Waals surface area (Å²) in [7, 11) is 1.62. The Bertz CT molecular complexity index is 440. The van der Waals surface area contributed by atoms with Crippen molar-refractivity contribution >= 4 is 11.6 Å². The largest absolute Gasteiger partial charge is 0.495 e. The molecule has 3 N–H and O–H groups in total. The lowest BCUT2D eigenvalue weighted by molar-refractivity contribution is -0.680. The molecule has 1 aliphatic carbocycles. The number of benzene rings is 1. The van der Waals surface area contributed by atoms with Gasteiger partial charge in [-0.15, -0.1) is 0 Å². The van der Waals surface area contributed by atoms with Crippen LogP contribution in [0, 0.1) is 0 Å². The van der Waals surface area contributed by atoms with Gasteiger partial charge in [0.25, 0.3) is 5.91 Å². The van der Waals surface area contributed by atoms with Crippen molar-refractivity contribution in [3.63, 3.8) is 0 Å². The zero-order chi connectivity index (χ0) is 14.9. The smallest absolute Gasteiger partial charge is 0.279 e. The van der Waals surface area contributed by atoms with E-state index >= 15 is 0 Å². The number of quaternary nitrogens is 1. The molecule has 0 radical (unpaired) electrons. The van der Waals surface area contributed by atoms with Gasteiger partial charge in [-0.2, -0.15) is 0 Å². The Morgan fingerprint density at radius 3 is 2.57 bits per heavy atom. The van der Waals surface area contributed by atoms with Gasteiger partial charge in [-0.05, 0) is 37.8 Å². The Kier molecular flexibility index (Phi) is 6.54. The fourth-order valence-corrected chi connectivity index (χ4v) is 2.95.